The third kappa shape index (κ3) is 2.80. The number of carbonyl (C=O) groups is 1. The maximum atomic E-state index is 13.1. The molecular weight excluding hydrogens is 296 g/mol. The van der Waals surface area contributed by atoms with Crippen LogP contribution in [-0.2, 0) is 11.2 Å². The second-order valence-corrected chi connectivity index (χ2v) is 7.84. The molecule has 0 aliphatic heterocycles. The van der Waals surface area contributed by atoms with Gasteiger partial charge in [0.25, 0.3) is 0 Å². The summed E-state index contributed by atoms with van der Waals surface area (Å²) in [4.78, 5) is 13.1. The molecule has 0 heterocycles. The van der Waals surface area contributed by atoms with Crippen molar-refractivity contribution in [3.05, 3.63) is 34.9 Å². The first-order chi connectivity index (χ1) is 11.7. The van der Waals surface area contributed by atoms with Gasteiger partial charge < -0.3 is 4.74 Å². The fourth-order valence-corrected chi connectivity index (χ4v) is 4.79. The topological polar surface area (TPSA) is 26.3 Å². The molecule has 126 valence electrons. The molecule has 3 aliphatic rings. The summed E-state index contributed by atoms with van der Waals surface area (Å²) < 4.78 is 5.48. The number of hydrogen-bond acceptors (Lipinski definition) is 2. The third-order valence-corrected chi connectivity index (χ3v) is 6.36. The van der Waals surface area contributed by atoms with E-state index in [1.807, 2.05) is 0 Å². The summed E-state index contributed by atoms with van der Waals surface area (Å²) in [7, 11) is 1.78. The van der Waals surface area contributed by atoms with E-state index in [4.69, 9.17) is 4.74 Å². The number of ether oxygens (including phenoxy) is 1. The number of ketones is 1. The van der Waals surface area contributed by atoms with Gasteiger partial charge in [-0.2, -0.15) is 0 Å². The first kappa shape index (κ1) is 15.9. The number of Topliss-reactive ketones (excluding diaryl/α,β-unsaturated/α-hetero) is 1. The minimum absolute atomic E-state index is 0.158. The van der Waals surface area contributed by atoms with Gasteiger partial charge in [0.15, 0.2) is 5.78 Å². The zero-order valence-corrected chi connectivity index (χ0v) is 14.6. The number of benzene rings is 1. The molecule has 2 saturated carbocycles. The Morgan fingerprint density at radius 3 is 2.58 bits per heavy atom. The van der Waals surface area contributed by atoms with E-state index in [-0.39, 0.29) is 5.41 Å². The molecule has 1 aromatic carbocycles. The van der Waals surface area contributed by atoms with E-state index in [1.165, 1.54) is 31.2 Å². The number of methoxy groups -OCH3 is 1. The van der Waals surface area contributed by atoms with Crippen LogP contribution in [0.2, 0.25) is 0 Å². The van der Waals surface area contributed by atoms with E-state index in [0.29, 0.717) is 17.8 Å². The number of rotatable bonds is 1. The maximum absolute atomic E-state index is 13.1. The van der Waals surface area contributed by atoms with Crippen LogP contribution in [0, 0.1) is 23.2 Å². The predicted molar refractivity (Wildman–Crippen MR) is 95.0 cm³/mol. The molecule has 0 saturated heterocycles. The molecule has 0 unspecified atom stereocenters. The van der Waals surface area contributed by atoms with Crippen LogP contribution in [0.15, 0.2) is 18.2 Å². The zero-order valence-electron chi connectivity index (χ0n) is 14.6. The van der Waals surface area contributed by atoms with Crippen molar-refractivity contribution in [3.8, 4) is 11.8 Å². The standard InChI is InChI=1S/C22H26O2/c1-24-19-10-12-22(13-11-19)15-18-9-8-17(14-20(18)21(22)23)7-6-16-4-2-3-5-16/h8-9,14,16,19H,2-5,10-13,15H2,1H3. The smallest absolute Gasteiger partial charge is 0.169 e. The van der Waals surface area contributed by atoms with Crippen molar-refractivity contribution in [2.75, 3.05) is 7.11 Å². The van der Waals surface area contributed by atoms with E-state index in [9.17, 15) is 4.79 Å². The highest BCUT2D eigenvalue weighted by molar-refractivity contribution is 6.05. The van der Waals surface area contributed by atoms with Crippen LogP contribution in [0.4, 0.5) is 0 Å². The van der Waals surface area contributed by atoms with Gasteiger partial charge in [-0.3, -0.25) is 4.79 Å². The molecule has 1 spiro atoms. The van der Waals surface area contributed by atoms with Gasteiger partial charge in [0.1, 0.15) is 0 Å². The minimum Gasteiger partial charge on any atom is -0.381 e. The summed E-state index contributed by atoms with van der Waals surface area (Å²) in [6.07, 6.45) is 10.3. The molecule has 0 radical (unpaired) electrons. The Kier molecular flexibility index (Phi) is 4.22. The van der Waals surface area contributed by atoms with E-state index in [2.05, 4.69) is 30.0 Å². The molecule has 3 aliphatic carbocycles. The van der Waals surface area contributed by atoms with E-state index >= 15 is 0 Å². The summed E-state index contributed by atoms with van der Waals surface area (Å²) >= 11 is 0. The maximum Gasteiger partial charge on any atom is 0.169 e. The molecule has 0 N–H and O–H groups in total. The van der Waals surface area contributed by atoms with Gasteiger partial charge in [-0.15, -0.1) is 0 Å². The van der Waals surface area contributed by atoms with Crippen molar-refractivity contribution < 1.29 is 9.53 Å². The Balaban J connectivity index is 1.54. The average Bonchev–Trinajstić information content (AvgIpc) is 3.22. The highest BCUT2D eigenvalue weighted by Gasteiger charge is 2.47. The van der Waals surface area contributed by atoms with Gasteiger partial charge in [0, 0.05) is 29.6 Å². The van der Waals surface area contributed by atoms with Crippen molar-refractivity contribution in [2.45, 2.75) is 63.9 Å². The summed E-state index contributed by atoms with van der Waals surface area (Å²) in [5, 5.41) is 0. The highest BCUT2D eigenvalue weighted by atomic mass is 16.5. The molecule has 0 amide bonds. The second-order valence-electron chi connectivity index (χ2n) is 7.84. The third-order valence-electron chi connectivity index (χ3n) is 6.36. The Morgan fingerprint density at radius 1 is 1.12 bits per heavy atom. The molecular formula is C22H26O2. The average molecular weight is 322 g/mol. The molecule has 2 fully saturated rings. The summed E-state index contributed by atoms with van der Waals surface area (Å²) in [5.41, 5.74) is 3.01. The van der Waals surface area contributed by atoms with Gasteiger partial charge in [-0.05, 0) is 62.6 Å². The van der Waals surface area contributed by atoms with Gasteiger partial charge in [-0.25, -0.2) is 0 Å². The quantitative estimate of drug-likeness (QED) is 0.709. The Bertz CT molecular complexity index is 692. The lowest BCUT2D eigenvalue weighted by Crippen LogP contribution is -2.35. The Morgan fingerprint density at radius 2 is 1.88 bits per heavy atom. The Hall–Kier alpha value is -1.59. The van der Waals surface area contributed by atoms with Gasteiger partial charge in [0.2, 0.25) is 0 Å². The lowest BCUT2D eigenvalue weighted by molar-refractivity contribution is 0.0285. The largest absolute Gasteiger partial charge is 0.381 e. The summed E-state index contributed by atoms with van der Waals surface area (Å²) in [6.45, 7) is 0. The molecule has 1 aromatic rings. The van der Waals surface area contributed by atoms with Crippen LogP contribution in [0.25, 0.3) is 0 Å². The lowest BCUT2D eigenvalue weighted by Gasteiger charge is -2.35. The predicted octanol–water partition coefficient (Wildman–Crippen LogP) is 4.54. The number of hydrogen-bond donors (Lipinski definition) is 0. The first-order valence-electron chi connectivity index (χ1n) is 9.42. The van der Waals surface area contributed by atoms with E-state index in [1.54, 1.807) is 7.11 Å². The Labute approximate surface area is 145 Å². The van der Waals surface area contributed by atoms with Crippen LogP contribution < -0.4 is 0 Å². The van der Waals surface area contributed by atoms with Crippen molar-refractivity contribution in [1.29, 1.82) is 0 Å². The van der Waals surface area contributed by atoms with Crippen LogP contribution in [0.3, 0.4) is 0 Å². The van der Waals surface area contributed by atoms with Crippen LogP contribution >= 0.6 is 0 Å². The fourth-order valence-electron chi connectivity index (χ4n) is 4.79. The SMILES string of the molecule is COC1CCC2(CC1)Cc1ccc(C#CC3CCCC3)cc1C2=O. The summed E-state index contributed by atoms with van der Waals surface area (Å²) in [5.74, 6) is 7.65. The molecule has 0 aromatic heterocycles. The molecule has 2 nitrogen and oxygen atoms in total. The molecule has 0 bridgehead atoms. The molecule has 2 heteroatoms. The highest BCUT2D eigenvalue weighted by Crippen LogP contribution is 2.47. The second kappa shape index (κ2) is 6.37. The van der Waals surface area contributed by atoms with Crippen molar-refractivity contribution in [2.24, 2.45) is 11.3 Å². The molecule has 24 heavy (non-hydrogen) atoms. The van der Waals surface area contributed by atoms with Gasteiger partial charge >= 0.3 is 0 Å². The van der Waals surface area contributed by atoms with Gasteiger partial charge in [0.05, 0.1) is 6.10 Å². The minimum atomic E-state index is -0.158. The normalized spacial score (nSPS) is 29.5. The molecule has 4 rings (SSSR count). The fraction of sp³-hybridized carbons (Fsp3) is 0.591. The van der Waals surface area contributed by atoms with Crippen LogP contribution in [0.1, 0.15) is 72.9 Å². The molecule has 0 atom stereocenters. The van der Waals surface area contributed by atoms with Gasteiger partial charge in [-0.1, -0.05) is 30.7 Å². The summed E-state index contributed by atoms with van der Waals surface area (Å²) in [6, 6.07) is 6.30. The lowest BCUT2D eigenvalue weighted by atomic mass is 9.70. The monoisotopic (exact) mass is 322 g/mol. The number of carbonyl (C=O) groups excluding carboxylic acids is 1. The number of fused-ring (bicyclic) bond motifs is 1. The zero-order chi connectivity index (χ0) is 16.6. The van der Waals surface area contributed by atoms with E-state index in [0.717, 1.165) is 43.2 Å². The van der Waals surface area contributed by atoms with E-state index < -0.39 is 0 Å². The van der Waals surface area contributed by atoms with Crippen LogP contribution in [0.5, 0.6) is 0 Å². The van der Waals surface area contributed by atoms with Crippen molar-refractivity contribution in [3.63, 3.8) is 0 Å². The van der Waals surface area contributed by atoms with Crippen molar-refractivity contribution in [1.82, 2.24) is 0 Å². The van der Waals surface area contributed by atoms with Crippen molar-refractivity contribution >= 4 is 5.78 Å². The van der Waals surface area contributed by atoms with Crippen LogP contribution in [-0.4, -0.2) is 19.0 Å². The first-order valence-corrected chi connectivity index (χ1v) is 9.42.